The van der Waals surface area contributed by atoms with Crippen LogP contribution in [0.25, 0.3) is 0 Å². The van der Waals surface area contributed by atoms with E-state index in [1.54, 1.807) is 0 Å². The van der Waals surface area contributed by atoms with Crippen molar-refractivity contribution in [3.63, 3.8) is 0 Å². The van der Waals surface area contributed by atoms with Gasteiger partial charge in [0, 0.05) is 12.5 Å². The molecule has 94 valence electrons. The Morgan fingerprint density at radius 2 is 2.28 bits per heavy atom. The van der Waals surface area contributed by atoms with E-state index in [1.165, 1.54) is 0 Å². The van der Waals surface area contributed by atoms with Gasteiger partial charge in [-0.1, -0.05) is 0 Å². The number of ether oxygens (including phenoxy) is 1. The summed E-state index contributed by atoms with van der Waals surface area (Å²) in [5.41, 5.74) is -1.47. The van der Waals surface area contributed by atoms with Crippen LogP contribution in [0.5, 0.6) is 5.75 Å². The molecule has 0 spiro atoms. The molecule has 0 aliphatic carbocycles. The lowest BCUT2D eigenvalue weighted by Gasteiger charge is -2.06. The molecule has 0 saturated heterocycles. The van der Waals surface area contributed by atoms with E-state index < -0.39 is 28.0 Å². The van der Waals surface area contributed by atoms with Crippen molar-refractivity contribution in [2.75, 3.05) is 6.61 Å². The fourth-order valence-electron chi connectivity index (χ4n) is 1.20. The zero-order valence-electron chi connectivity index (χ0n) is 9.05. The summed E-state index contributed by atoms with van der Waals surface area (Å²) in [5.74, 6) is -0.678. The molecule has 0 amide bonds. The number of halogens is 1. The number of hydrogen-bond donors (Lipinski definition) is 1. The highest BCUT2D eigenvalue weighted by atomic mass is 19.1. The highest BCUT2D eigenvalue weighted by molar-refractivity contribution is 5.92. The van der Waals surface area contributed by atoms with Crippen LogP contribution in [0.2, 0.25) is 0 Å². The Hall–Kier alpha value is -2.62. The van der Waals surface area contributed by atoms with Crippen molar-refractivity contribution in [1.82, 2.24) is 0 Å². The lowest BCUT2D eigenvalue weighted by Crippen LogP contribution is -2.06. The molecule has 1 rings (SSSR count). The molecule has 0 atom stereocenters. The lowest BCUT2D eigenvalue weighted by atomic mass is 10.1. The van der Waals surface area contributed by atoms with Crippen LogP contribution >= 0.6 is 0 Å². The molecule has 0 aliphatic heterocycles. The molecule has 1 aromatic carbocycles. The molecule has 0 saturated carbocycles. The average molecular weight is 253 g/mol. The van der Waals surface area contributed by atoms with Crippen LogP contribution in [0.4, 0.5) is 10.1 Å². The lowest BCUT2D eigenvalue weighted by molar-refractivity contribution is -0.385. The second-order valence-electron chi connectivity index (χ2n) is 3.16. The van der Waals surface area contributed by atoms with Gasteiger partial charge >= 0.3 is 5.97 Å². The molecular formula is C11H8FNO5. The van der Waals surface area contributed by atoms with E-state index in [9.17, 15) is 19.3 Å². The third-order valence-corrected chi connectivity index (χ3v) is 1.98. The number of carboxylic acid groups (broad SMARTS) is 1. The fraction of sp³-hybridized carbons (Fsp3) is 0.182. The van der Waals surface area contributed by atoms with E-state index in [1.807, 2.05) is 0 Å². The van der Waals surface area contributed by atoms with Crippen LogP contribution in [0.1, 0.15) is 16.8 Å². The Balaban J connectivity index is 3.16. The number of carbonyl (C=O) groups is 1. The molecule has 0 unspecified atom stereocenters. The summed E-state index contributed by atoms with van der Waals surface area (Å²) in [6.45, 7) is -0.00963. The Kier molecular flexibility index (Phi) is 4.21. The van der Waals surface area contributed by atoms with Crippen molar-refractivity contribution >= 4 is 11.7 Å². The molecule has 7 heteroatoms. The predicted molar refractivity (Wildman–Crippen MR) is 59.0 cm³/mol. The second-order valence-corrected chi connectivity index (χ2v) is 3.16. The van der Waals surface area contributed by atoms with Crippen LogP contribution in [-0.4, -0.2) is 22.6 Å². The first kappa shape index (κ1) is 13.4. The third-order valence-electron chi connectivity index (χ3n) is 1.98. The molecule has 6 nitrogen and oxygen atoms in total. The van der Waals surface area contributed by atoms with Crippen LogP contribution in [0.3, 0.4) is 0 Å². The molecule has 18 heavy (non-hydrogen) atoms. The van der Waals surface area contributed by atoms with Crippen LogP contribution in [0.15, 0.2) is 12.1 Å². The molecule has 0 radical (unpaired) electrons. The normalized spacial score (nSPS) is 9.56. The Morgan fingerprint density at radius 3 is 2.78 bits per heavy atom. The summed E-state index contributed by atoms with van der Waals surface area (Å²) >= 11 is 0. The van der Waals surface area contributed by atoms with Crippen LogP contribution in [0, 0.1) is 28.3 Å². The molecule has 0 fully saturated rings. The smallest absolute Gasteiger partial charge is 0.342 e. The first-order chi connectivity index (χ1) is 8.47. The number of nitro groups is 1. The number of terminal acetylenes is 1. The van der Waals surface area contributed by atoms with Crippen LogP contribution in [-0.2, 0) is 0 Å². The van der Waals surface area contributed by atoms with Gasteiger partial charge in [0.25, 0.3) is 5.69 Å². The number of hydrogen-bond acceptors (Lipinski definition) is 4. The monoisotopic (exact) mass is 253 g/mol. The van der Waals surface area contributed by atoms with E-state index >= 15 is 0 Å². The molecule has 0 heterocycles. The molecule has 0 bridgehead atoms. The maximum absolute atomic E-state index is 13.4. The van der Waals surface area contributed by atoms with E-state index in [0.717, 1.165) is 6.07 Å². The summed E-state index contributed by atoms with van der Waals surface area (Å²) in [5, 5.41) is 19.3. The van der Waals surface area contributed by atoms with Gasteiger partial charge in [0.2, 0.25) is 0 Å². The van der Waals surface area contributed by atoms with Gasteiger partial charge < -0.3 is 9.84 Å². The summed E-state index contributed by atoms with van der Waals surface area (Å²) in [4.78, 5) is 20.4. The summed E-state index contributed by atoms with van der Waals surface area (Å²) < 4.78 is 18.3. The van der Waals surface area contributed by atoms with E-state index in [0.29, 0.717) is 6.07 Å². The standard InChI is InChI=1S/C11H8FNO5/c1-2-3-4-18-10-5-7(11(14)15)9(13(16)17)6-8(10)12/h1,5-6H,3-4H2,(H,14,15). The van der Waals surface area contributed by atoms with Gasteiger partial charge in [0.05, 0.1) is 17.6 Å². The van der Waals surface area contributed by atoms with Gasteiger partial charge in [0.15, 0.2) is 11.6 Å². The topological polar surface area (TPSA) is 89.7 Å². The van der Waals surface area contributed by atoms with E-state index in [2.05, 4.69) is 5.92 Å². The van der Waals surface area contributed by atoms with Gasteiger partial charge in [-0.05, 0) is 0 Å². The molecule has 0 aliphatic rings. The van der Waals surface area contributed by atoms with Crippen molar-refractivity contribution in [3.05, 3.63) is 33.6 Å². The number of carboxylic acids is 1. The van der Waals surface area contributed by atoms with Gasteiger partial charge in [-0.25, -0.2) is 9.18 Å². The van der Waals surface area contributed by atoms with Gasteiger partial charge in [-0.2, -0.15) is 0 Å². The van der Waals surface area contributed by atoms with Gasteiger partial charge in [-0.15, -0.1) is 12.3 Å². The van der Waals surface area contributed by atoms with Crippen LogP contribution < -0.4 is 4.74 Å². The van der Waals surface area contributed by atoms with Gasteiger partial charge in [0.1, 0.15) is 5.56 Å². The van der Waals surface area contributed by atoms with E-state index in [-0.39, 0.29) is 18.8 Å². The van der Waals surface area contributed by atoms with Crippen molar-refractivity contribution in [2.24, 2.45) is 0 Å². The van der Waals surface area contributed by atoms with Crippen molar-refractivity contribution in [1.29, 1.82) is 0 Å². The van der Waals surface area contributed by atoms with Gasteiger partial charge in [-0.3, -0.25) is 10.1 Å². The zero-order chi connectivity index (χ0) is 13.7. The molecule has 1 N–H and O–H groups in total. The maximum Gasteiger partial charge on any atom is 0.342 e. The SMILES string of the molecule is C#CCCOc1cc(C(=O)O)c([N+](=O)[O-])cc1F. The molecular weight excluding hydrogens is 245 g/mol. The maximum atomic E-state index is 13.4. The fourth-order valence-corrected chi connectivity index (χ4v) is 1.20. The number of nitro benzene ring substituents is 1. The Labute approximate surface area is 101 Å². The Bertz CT molecular complexity index is 535. The quantitative estimate of drug-likeness (QED) is 0.374. The third kappa shape index (κ3) is 2.95. The number of rotatable bonds is 5. The Morgan fingerprint density at radius 1 is 1.61 bits per heavy atom. The average Bonchev–Trinajstić information content (AvgIpc) is 2.30. The highest BCUT2D eigenvalue weighted by Crippen LogP contribution is 2.27. The van der Waals surface area contributed by atoms with Crippen molar-refractivity contribution in [3.8, 4) is 18.1 Å². The highest BCUT2D eigenvalue weighted by Gasteiger charge is 2.23. The zero-order valence-corrected chi connectivity index (χ0v) is 9.05. The number of nitrogens with zero attached hydrogens (tertiary/aromatic N) is 1. The minimum atomic E-state index is -1.54. The summed E-state index contributed by atoms with van der Waals surface area (Å²) in [6.07, 6.45) is 5.17. The van der Waals surface area contributed by atoms with Crippen molar-refractivity contribution < 1.29 is 24.0 Å². The summed E-state index contributed by atoms with van der Waals surface area (Å²) in [6, 6.07) is 1.28. The largest absolute Gasteiger partial charge is 0.489 e. The first-order valence-corrected chi connectivity index (χ1v) is 4.75. The second kappa shape index (κ2) is 5.63. The van der Waals surface area contributed by atoms with Crippen molar-refractivity contribution in [2.45, 2.75) is 6.42 Å². The predicted octanol–water partition coefficient (Wildman–Crippen LogP) is 1.83. The minimum absolute atomic E-state index is 0.00963. The minimum Gasteiger partial charge on any atom is -0.489 e. The van der Waals surface area contributed by atoms with E-state index in [4.69, 9.17) is 16.3 Å². The molecule has 0 aromatic heterocycles. The summed E-state index contributed by atoms with van der Waals surface area (Å²) in [7, 11) is 0. The number of aromatic carboxylic acids is 1. The first-order valence-electron chi connectivity index (χ1n) is 4.75. The number of benzene rings is 1. The molecule has 1 aromatic rings.